The quantitative estimate of drug-likeness (QED) is 0.0581. The monoisotopic (exact) mass is 1860 g/mol. The topological polar surface area (TPSA) is 297 Å². The van der Waals surface area contributed by atoms with E-state index in [2.05, 4.69) is 20.4 Å². The summed E-state index contributed by atoms with van der Waals surface area (Å²) in [5.74, 6) is -5.70. The molecule has 0 spiro atoms. The van der Waals surface area contributed by atoms with Crippen molar-refractivity contribution >= 4 is 143 Å². The van der Waals surface area contributed by atoms with Crippen molar-refractivity contribution in [1.29, 1.82) is 0 Å². The van der Waals surface area contributed by atoms with Crippen molar-refractivity contribution < 1.29 is 112 Å². The zero-order chi connectivity index (χ0) is 89.3. The average molecular weight is 1860 g/mol. The number of aryl methyl sites for hydroxylation is 4. The molecule has 0 radical (unpaired) electrons. The maximum absolute atomic E-state index is 15.0. The summed E-state index contributed by atoms with van der Waals surface area (Å²) in [5.41, 5.74) is 5.87. The number of aromatic nitrogens is 8. The second-order valence-corrected chi connectivity index (χ2v) is 35.3. The molecule has 8 aromatic carbocycles. The minimum atomic E-state index is -0.813. The number of allylic oxidation sites excluding steroid dienone is 2. The van der Waals surface area contributed by atoms with Crippen LogP contribution in [0.15, 0.2) is 152 Å². The van der Waals surface area contributed by atoms with Crippen LogP contribution in [0, 0.1) is 72.6 Å². The van der Waals surface area contributed by atoms with Gasteiger partial charge >= 0.3 is 53.4 Å². The van der Waals surface area contributed by atoms with E-state index in [1.165, 1.54) is 43.0 Å². The molecule has 0 aliphatic heterocycles. The van der Waals surface area contributed by atoms with E-state index in [4.69, 9.17) is 55.9 Å². The molecular weight excluding hydrogens is 1750 g/mol. The van der Waals surface area contributed by atoms with Crippen LogP contribution in [-0.4, -0.2) is 116 Å². The van der Waals surface area contributed by atoms with E-state index >= 15 is 0 Å². The smallest absolute Gasteiger partial charge is 0.870 e. The number of esters is 2. The third kappa shape index (κ3) is 20.8. The Bertz CT molecular complexity index is 6040. The minimum Gasteiger partial charge on any atom is -0.870 e. The van der Waals surface area contributed by atoms with Gasteiger partial charge in [-0.2, -0.15) is 39.1 Å². The van der Waals surface area contributed by atoms with Gasteiger partial charge in [0.05, 0.1) is 144 Å². The van der Waals surface area contributed by atoms with Gasteiger partial charge in [0.15, 0.2) is 0 Å². The van der Waals surface area contributed by atoms with Crippen LogP contribution in [0.4, 0.5) is 17.6 Å². The molecule has 16 rings (SSSR count). The van der Waals surface area contributed by atoms with Crippen LogP contribution in [0.1, 0.15) is 266 Å². The first-order chi connectivity index (χ1) is 59.0. The van der Waals surface area contributed by atoms with Crippen molar-refractivity contribution in [3.05, 3.63) is 262 Å². The number of carboxylic acids is 2. The number of rotatable bonds is 14. The minimum absolute atomic E-state index is 0. The summed E-state index contributed by atoms with van der Waals surface area (Å²) >= 11 is 25.2. The first-order valence-electron chi connectivity index (χ1n) is 41.4. The maximum atomic E-state index is 15.0. The summed E-state index contributed by atoms with van der Waals surface area (Å²) in [6.07, 6.45) is 10.2. The number of hydrogen-bond acceptors (Lipinski definition) is 15. The zero-order valence-electron chi connectivity index (χ0n) is 71.7. The summed E-state index contributed by atoms with van der Waals surface area (Å²) in [6.45, 7) is 18.7. The predicted octanol–water partition coefficient (Wildman–Crippen LogP) is 22.1. The molecule has 30 heteroatoms. The van der Waals surface area contributed by atoms with Gasteiger partial charge in [-0.05, 0) is 266 Å². The standard InChI is InChI=1S/C25H26ClFN2O3.C25H24ClFN2O3.2C23H22ClFN2O3.3CH4.Na.H2O.H2/c2*1-4-32-24(31)25(3)13-11-16(12-14-25)22-21-18(27)9-6-10-19(21)29(28-22)23(30)20-15(2)7-5-8-17(20)26;2*1-13-5-3-6-15(24)18(13)21(28)27-17-8-4-7-16(25)19(17)20(26-27)14-9-11-23(2,12-10-14)22(29)30;;;;;;/h5-10,16H,4,11-14H2,1-3H3;5-11H,4,12-14H2,1-3H3;2*3-8,14H,9-12H2,1-2H3,(H,29,30);3*1H4;;1H2;1H/q;;;;;;;+1;;/p-1. The van der Waals surface area contributed by atoms with Gasteiger partial charge in [-0.1, -0.05) is 148 Å². The van der Waals surface area contributed by atoms with E-state index in [0.717, 1.165) is 11.1 Å². The summed E-state index contributed by atoms with van der Waals surface area (Å²) in [4.78, 5) is 101. The molecule has 12 aromatic rings. The molecule has 4 aliphatic rings. The molecule has 1 unspecified atom stereocenters. The number of nitrogens with zero attached hydrogens (tertiary/aromatic N) is 8. The van der Waals surface area contributed by atoms with E-state index < -0.39 is 74.6 Å². The fourth-order valence-electron chi connectivity index (χ4n) is 17.5. The van der Waals surface area contributed by atoms with Gasteiger partial charge in [0.25, 0.3) is 23.6 Å². The van der Waals surface area contributed by atoms with Crippen molar-refractivity contribution in [2.24, 2.45) is 21.7 Å². The Labute approximate surface area is 791 Å². The van der Waals surface area contributed by atoms with Crippen molar-refractivity contribution in [1.82, 2.24) is 39.1 Å². The van der Waals surface area contributed by atoms with Crippen LogP contribution in [0.5, 0.6) is 0 Å². The average Bonchev–Trinajstić information content (AvgIpc) is 1.61. The van der Waals surface area contributed by atoms with Gasteiger partial charge in [-0.15, -0.1) is 0 Å². The number of aliphatic carboxylic acids is 2. The number of carboxylic acid groups (broad SMARTS) is 2. The zero-order valence-corrected chi connectivity index (χ0v) is 76.7. The molecule has 129 heavy (non-hydrogen) atoms. The SMILES string of the molecule is C.C.C.CCOC(=O)C1(C)CC=C(c2nn(C(=O)c3c(C)cccc3Cl)c3cccc(F)c23)CC1.CCOC(=O)C1(C)CCC(c2nn(C(=O)c3c(C)cccc3Cl)c3cccc(F)c23)CC1.Cc1cccc(Cl)c1C(=O)n1nc(C2CCC(C)(C(=O)O)CC2)c2c(F)cccc21.Cc1cccc(Cl)c1C(=O)n1nc(C2CCC(C)(C(=O)O)CC2)c2c(F)cccc21.[HH].[Na+].[OH-]. The van der Waals surface area contributed by atoms with E-state index in [0.29, 0.717) is 230 Å². The molecule has 3 N–H and O–H groups in total. The molecule has 1 atom stereocenters. The van der Waals surface area contributed by atoms with Gasteiger partial charge in [-0.3, -0.25) is 38.4 Å². The Balaban J connectivity index is 0.000000234. The van der Waals surface area contributed by atoms with Crippen LogP contribution in [0.2, 0.25) is 20.1 Å². The van der Waals surface area contributed by atoms with E-state index in [9.17, 15) is 66.1 Å². The van der Waals surface area contributed by atoms with Gasteiger partial charge in [0.2, 0.25) is 0 Å². The molecule has 21 nitrogen and oxygen atoms in total. The molecule has 4 aliphatic carbocycles. The van der Waals surface area contributed by atoms with Gasteiger partial charge in [0.1, 0.15) is 23.3 Å². The molecule has 3 fully saturated rings. The Morgan fingerprint density at radius 2 is 0.651 bits per heavy atom. The van der Waals surface area contributed by atoms with Gasteiger partial charge in [-0.25, -0.2) is 17.6 Å². The van der Waals surface area contributed by atoms with Crippen LogP contribution >= 0.6 is 46.4 Å². The van der Waals surface area contributed by atoms with Crippen molar-refractivity contribution in [2.75, 3.05) is 13.2 Å². The summed E-state index contributed by atoms with van der Waals surface area (Å²) in [6, 6.07) is 39.3. The van der Waals surface area contributed by atoms with Crippen molar-refractivity contribution in [3.8, 4) is 0 Å². The van der Waals surface area contributed by atoms with Gasteiger partial charge in [0, 0.05) is 19.2 Å². The largest absolute Gasteiger partial charge is 1.00 e. The number of ether oxygens (including phenoxy) is 2. The molecule has 4 heterocycles. The Morgan fingerprint density at radius 1 is 0.395 bits per heavy atom. The molecule has 4 aromatic heterocycles. The first-order valence-corrected chi connectivity index (χ1v) is 42.9. The second kappa shape index (κ2) is 42.8. The third-order valence-electron chi connectivity index (χ3n) is 25.3. The summed E-state index contributed by atoms with van der Waals surface area (Å²) in [5, 5.41) is 39.8. The second-order valence-electron chi connectivity index (χ2n) is 33.7. The van der Waals surface area contributed by atoms with Crippen LogP contribution in [0.25, 0.3) is 49.2 Å². The maximum Gasteiger partial charge on any atom is 1.00 e. The van der Waals surface area contributed by atoms with E-state index in [1.807, 2.05) is 32.9 Å². The Hall–Kier alpha value is -10.2. The number of carbonyl (C=O) groups excluding carboxylic acids is 6. The fraction of sp³-hybridized carbons (Fsp3) is 0.374. The molecule has 0 amide bonds. The van der Waals surface area contributed by atoms with Crippen LogP contribution in [0.3, 0.4) is 0 Å². The summed E-state index contributed by atoms with van der Waals surface area (Å²) in [7, 11) is 0. The number of halogens is 8. The molecule has 680 valence electrons. The normalized spacial score (nSPS) is 19.9. The van der Waals surface area contributed by atoms with Crippen molar-refractivity contribution in [3.63, 3.8) is 0 Å². The molecule has 0 saturated heterocycles. The summed E-state index contributed by atoms with van der Waals surface area (Å²) < 4.78 is 75.0. The van der Waals surface area contributed by atoms with Crippen LogP contribution < -0.4 is 29.6 Å². The van der Waals surface area contributed by atoms with E-state index in [-0.39, 0.29) is 99.7 Å². The Morgan fingerprint density at radius 3 is 0.915 bits per heavy atom. The Kier molecular flexibility index (Phi) is 34.5. The van der Waals surface area contributed by atoms with Gasteiger partial charge < -0.3 is 25.2 Å². The molecule has 3 saturated carbocycles. The third-order valence-corrected chi connectivity index (χ3v) is 26.5. The van der Waals surface area contributed by atoms with Crippen molar-refractivity contribution in [2.45, 2.75) is 206 Å². The first kappa shape index (κ1) is 104. The fourth-order valence-corrected chi connectivity index (χ4v) is 18.7. The number of benzene rings is 8. The predicted molar refractivity (Wildman–Crippen MR) is 493 cm³/mol. The van der Waals surface area contributed by atoms with Crippen LogP contribution in [-0.2, 0) is 28.7 Å². The number of carbonyl (C=O) groups is 8. The molecule has 0 bridgehead atoms. The number of hydrogen-bond donors (Lipinski definition) is 2. The molecular formula is C99H109Cl4F4N8NaO13. The van der Waals surface area contributed by atoms with E-state index in [1.54, 1.807) is 164 Å². The number of fused-ring (bicyclic) bond motifs is 4.